The Morgan fingerprint density at radius 3 is 1.24 bits per heavy atom. The maximum Gasteiger partial charge on any atom is 0.306 e. The molecule has 0 aromatic carbocycles. The Hall–Kier alpha value is -1.63. The van der Waals surface area contributed by atoms with Crippen molar-refractivity contribution in [3.63, 3.8) is 0 Å². The summed E-state index contributed by atoms with van der Waals surface area (Å²) < 4.78 is 16.4. The molecule has 1 N–H and O–H groups in total. The van der Waals surface area contributed by atoms with E-state index in [-0.39, 0.29) is 25.4 Å². The van der Waals surface area contributed by atoms with Crippen LogP contribution in [0, 0.1) is 0 Å². The highest BCUT2D eigenvalue weighted by Crippen LogP contribution is 2.14. The molecular formula is C31H58O7. The topological polar surface area (TPSA) is 99.1 Å². The van der Waals surface area contributed by atoms with Gasteiger partial charge in [-0.3, -0.25) is 14.4 Å². The third kappa shape index (κ3) is 22.4. The molecule has 0 unspecified atom stereocenters. The second-order valence-corrected chi connectivity index (χ2v) is 10.5. The third-order valence-electron chi connectivity index (χ3n) is 6.77. The van der Waals surface area contributed by atoms with Crippen LogP contribution in [0.5, 0.6) is 0 Å². The second kappa shape index (κ2) is 27.0. The Bertz CT molecular complexity index is 579. The molecule has 224 valence electrons. The molecule has 0 aromatic heterocycles. The van der Waals surface area contributed by atoms with Crippen molar-refractivity contribution < 1.29 is 33.7 Å². The van der Waals surface area contributed by atoms with Crippen LogP contribution in [-0.2, 0) is 28.6 Å². The van der Waals surface area contributed by atoms with Crippen molar-refractivity contribution in [2.45, 2.75) is 168 Å². The van der Waals surface area contributed by atoms with Gasteiger partial charge in [-0.25, -0.2) is 0 Å². The summed E-state index contributed by atoms with van der Waals surface area (Å²) in [5.74, 6) is -1.23. The minimum absolute atomic E-state index is 0.230. The van der Waals surface area contributed by atoms with E-state index >= 15 is 0 Å². The van der Waals surface area contributed by atoms with Gasteiger partial charge in [0.15, 0.2) is 12.2 Å². The number of ether oxygens (including phenoxy) is 3. The highest BCUT2D eigenvalue weighted by atomic mass is 16.6. The average molecular weight is 543 g/mol. The van der Waals surface area contributed by atoms with E-state index in [1.165, 1.54) is 44.9 Å². The van der Waals surface area contributed by atoms with E-state index in [4.69, 9.17) is 14.2 Å². The maximum atomic E-state index is 12.5. The summed E-state index contributed by atoms with van der Waals surface area (Å²) in [4.78, 5) is 37.2. The number of carbonyl (C=O) groups excluding carboxylic acids is 3. The number of aliphatic hydroxyl groups excluding tert-OH is 1. The molecule has 7 nitrogen and oxygen atoms in total. The Morgan fingerprint density at radius 2 is 0.842 bits per heavy atom. The first-order valence-corrected chi connectivity index (χ1v) is 15.6. The zero-order valence-corrected chi connectivity index (χ0v) is 24.8. The molecule has 0 amide bonds. The molecule has 0 radical (unpaired) electrons. The fourth-order valence-corrected chi connectivity index (χ4v) is 4.30. The van der Waals surface area contributed by atoms with Gasteiger partial charge in [-0.05, 0) is 19.3 Å². The van der Waals surface area contributed by atoms with Crippen LogP contribution < -0.4 is 0 Å². The number of hydrogen-bond donors (Lipinski definition) is 1. The van der Waals surface area contributed by atoms with Crippen LogP contribution in [0.4, 0.5) is 0 Å². The number of unbranched alkanes of at least 4 members (excludes halogenated alkanes) is 15. The molecule has 38 heavy (non-hydrogen) atoms. The Labute approximate surface area is 232 Å². The summed E-state index contributed by atoms with van der Waals surface area (Å²) in [5, 5.41) is 9.92. The quantitative estimate of drug-likeness (QED) is 0.0648. The molecule has 0 aliphatic heterocycles. The van der Waals surface area contributed by atoms with Crippen LogP contribution in [-0.4, -0.2) is 48.4 Å². The molecule has 0 saturated heterocycles. The van der Waals surface area contributed by atoms with Gasteiger partial charge >= 0.3 is 17.9 Å². The molecule has 0 bridgehead atoms. The minimum Gasteiger partial charge on any atom is -0.462 e. The number of aliphatic hydroxyl groups is 1. The molecule has 7 heteroatoms. The maximum absolute atomic E-state index is 12.5. The molecule has 0 heterocycles. The van der Waals surface area contributed by atoms with E-state index in [9.17, 15) is 19.5 Å². The zero-order valence-electron chi connectivity index (χ0n) is 24.8. The molecule has 0 spiro atoms. The van der Waals surface area contributed by atoms with Crippen molar-refractivity contribution >= 4 is 17.9 Å². The Kier molecular flexibility index (Phi) is 25.8. The smallest absolute Gasteiger partial charge is 0.306 e. The number of hydrogen-bond acceptors (Lipinski definition) is 7. The molecule has 0 aliphatic carbocycles. The lowest BCUT2D eigenvalue weighted by Gasteiger charge is -2.25. The predicted molar refractivity (Wildman–Crippen MR) is 152 cm³/mol. The van der Waals surface area contributed by atoms with Crippen LogP contribution in [0.25, 0.3) is 0 Å². The van der Waals surface area contributed by atoms with Gasteiger partial charge in [0, 0.05) is 19.3 Å². The van der Waals surface area contributed by atoms with Gasteiger partial charge < -0.3 is 19.3 Å². The highest BCUT2D eigenvalue weighted by molar-refractivity contribution is 5.71. The van der Waals surface area contributed by atoms with Crippen LogP contribution in [0.3, 0.4) is 0 Å². The molecule has 0 aromatic rings. The molecular weight excluding hydrogens is 484 g/mol. The lowest BCUT2D eigenvalue weighted by Crippen LogP contribution is -2.41. The summed E-state index contributed by atoms with van der Waals surface area (Å²) in [6.07, 6.45) is 17.6. The van der Waals surface area contributed by atoms with Gasteiger partial charge in [-0.2, -0.15) is 0 Å². The fraction of sp³-hybridized carbons (Fsp3) is 0.903. The minimum atomic E-state index is -1.06. The van der Waals surface area contributed by atoms with Crippen molar-refractivity contribution in [3.8, 4) is 0 Å². The lowest BCUT2D eigenvalue weighted by atomic mass is 10.1. The molecule has 0 fully saturated rings. The van der Waals surface area contributed by atoms with E-state index < -0.39 is 30.8 Å². The summed E-state index contributed by atoms with van der Waals surface area (Å²) >= 11 is 0. The fourth-order valence-electron chi connectivity index (χ4n) is 4.30. The molecule has 0 rings (SSSR count). The Balaban J connectivity index is 4.73. The van der Waals surface area contributed by atoms with Crippen molar-refractivity contribution in [1.29, 1.82) is 0 Å². The van der Waals surface area contributed by atoms with E-state index in [1.54, 1.807) is 0 Å². The monoisotopic (exact) mass is 542 g/mol. The Morgan fingerprint density at radius 1 is 0.500 bits per heavy atom. The zero-order chi connectivity index (χ0) is 28.3. The van der Waals surface area contributed by atoms with Crippen LogP contribution in [0.1, 0.15) is 156 Å². The highest BCUT2D eigenvalue weighted by Gasteiger charge is 2.29. The first-order valence-electron chi connectivity index (χ1n) is 15.6. The van der Waals surface area contributed by atoms with Crippen LogP contribution in [0.15, 0.2) is 0 Å². The standard InChI is InChI=1S/C31H58O7/c1-4-7-10-13-16-19-22-29(33)36-26-28(38-31(35)24-21-18-15-12-9-6-3)27(25-32)37-30(34)23-20-17-14-11-8-5-2/h27-28,32H,4-26H2,1-3H3/t27-,28+/m0/s1. The second-order valence-electron chi connectivity index (χ2n) is 10.5. The predicted octanol–water partition coefficient (Wildman–Crippen LogP) is 7.60. The summed E-state index contributed by atoms with van der Waals surface area (Å²) in [5.41, 5.74) is 0. The SMILES string of the molecule is CCCCCCCCC(=O)OC[C@@H](OC(=O)CCCCCCCC)[C@H](CO)OC(=O)CCCCCCCC. The summed E-state index contributed by atoms with van der Waals surface area (Å²) in [6, 6.07) is 0. The lowest BCUT2D eigenvalue weighted by molar-refractivity contribution is -0.179. The van der Waals surface area contributed by atoms with E-state index in [0.717, 1.165) is 64.2 Å². The van der Waals surface area contributed by atoms with Gasteiger partial charge in [-0.1, -0.05) is 117 Å². The first kappa shape index (κ1) is 36.4. The summed E-state index contributed by atoms with van der Waals surface area (Å²) in [7, 11) is 0. The van der Waals surface area contributed by atoms with E-state index in [0.29, 0.717) is 12.8 Å². The average Bonchev–Trinajstić information content (AvgIpc) is 2.91. The first-order chi connectivity index (χ1) is 18.5. The van der Waals surface area contributed by atoms with Gasteiger partial charge in [0.25, 0.3) is 0 Å². The van der Waals surface area contributed by atoms with Crippen LogP contribution >= 0.6 is 0 Å². The number of rotatable bonds is 27. The molecule has 0 saturated carbocycles. The summed E-state index contributed by atoms with van der Waals surface area (Å²) in [6.45, 7) is 5.75. The van der Waals surface area contributed by atoms with Crippen molar-refractivity contribution in [1.82, 2.24) is 0 Å². The third-order valence-corrected chi connectivity index (χ3v) is 6.77. The van der Waals surface area contributed by atoms with Crippen LogP contribution in [0.2, 0.25) is 0 Å². The number of esters is 3. The normalized spacial score (nSPS) is 12.6. The van der Waals surface area contributed by atoms with Gasteiger partial charge in [0.1, 0.15) is 6.61 Å². The van der Waals surface area contributed by atoms with Crippen molar-refractivity contribution in [3.05, 3.63) is 0 Å². The van der Waals surface area contributed by atoms with Gasteiger partial charge in [0.05, 0.1) is 6.61 Å². The molecule has 2 atom stereocenters. The van der Waals surface area contributed by atoms with E-state index in [2.05, 4.69) is 20.8 Å². The van der Waals surface area contributed by atoms with Gasteiger partial charge in [-0.15, -0.1) is 0 Å². The largest absolute Gasteiger partial charge is 0.462 e. The molecule has 0 aliphatic rings. The van der Waals surface area contributed by atoms with Gasteiger partial charge in [0.2, 0.25) is 0 Å². The van der Waals surface area contributed by atoms with E-state index in [1.807, 2.05) is 0 Å². The van der Waals surface area contributed by atoms with Crippen molar-refractivity contribution in [2.75, 3.05) is 13.2 Å². The number of carbonyl (C=O) groups is 3. The van der Waals surface area contributed by atoms with Crippen molar-refractivity contribution in [2.24, 2.45) is 0 Å².